The number of carbonyl (C=O) groups is 1. The molecule has 1 rings (SSSR count). The van der Waals surface area contributed by atoms with Gasteiger partial charge >= 0.3 is 5.97 Å². The van der Waals surface area contributed by atoms with Gasteiger partial charge in [-0.3, -0.25) is 10.1 Å². The molecule has 0 bridgehead atoms. The molecule has 0 aliphatic carbocycles. The smallest absolute Gasteiger partial charge is 0.339 e. The molecule has 0 heterocycles. The summed E-state index contributed by atoms with van der Waals surface area (Å²) >= 11 is 0. The van der Waals surface area contributed by atoms with Gasteiger partial charge in [-0.2, -0.15) is 5.26 Å². The molecule has 0 atom stereocenters. The minimum absolute atomic E-state index is 0.522. The first-order chi connectivity index (χ1) is 8.42. The van der Waals surface area contributed by atoms with Gasteiger partial charge in [0.1, 0.15) is 6.07 Å². The quantitative estimate of drug-likeness (QED) is 0.469. The van der Waals surface area contributed by atoms with Gasteiger partial charge in [0.25, 0.3) is 12.1 Å². The van der Waals surface area contributed by atoms with Crippen molar-refractivity contribution in [1.29, 1.82) is 5.26 Å². The van der Waals surface area contributed by atoms with Crippen LogP contribution in [0, 0.1) is 21.4 Å². The molecular formula is C10H6F2N2O4. The normalized spacial score (nSPS) is 9.94. The molecule has 0 aromatic heterocycles. The van der Waals surface area contributed by atoms with Crippen LogP contribution >= 0.6 is 0 Å². The van der Waals surface area contributed by atoms with Crippen LogP contribution in [0.2, 0.25) is 0 Å². The van der Waals surface area contributed by atoms with E-state index in [9.17, 15) is 23.7 Å². The number of hydrogen-bond donors (Lipinski definition) is 0. The van der Waals surface area contributed by atoms with Crippen LogP contribution in [0.1, 0.15) is 27.9 Å². The van der Waals surface area contributed by atoms with E-state index in [1.807, 2.05) is 0 Å². The second kappa shape index (κ2) is 5.18. The van der Waals surface area contributed by atoms with E-state index < -0.39 is 39.7 Å². The average Bonchev–Trinajstić information content (AvgIpc) is 2.35. The van der Waals surface area contributed by atoms with E-state index in [4.69, 9.17) is 5.26 Å². The molecule has 0 saturated heterocycles. The zero-order chi connectivity index (χ0) is 13.9. The molecule has 0 saturated carbocycles. The zero-order valence-corrected chi connectivity index (χ0v) is 9.02. The van der Waals surface area contributed by atoms with Gasteiger partial charge in [0.15, 0.2) is 0 Å². The van der Waals surface area contributed by atoms with E-state index in [1.54, 1.807) is 0 Å². The summed E-state index contributed by atoms with van der Waals surface area (Å²) in [6.45, 7) is 0. The van der Waals surface area contributed by atoms with E-state index in [-0.39, 0.29) is 0 Å². The Bertz CT molecular complexity index is 552. The number of nitro benzene ring substituents is 1. The Morgan fingerprint density at radius 3 is 2.56 bits per heavy atom. The summed E-state index contributed by atoms with van der Waals surface area (Å²) in [5.41, 5.74) is -2.76. The van der Waals surface area contributed by atoms with Gasteiger partial charge in [-0.25, -0.2) is 13.6 Å². The monoisotopic (exact) mass is 256 g/mol. The summed E-state index contributed by atoms with van der Waals surface area (Å²) in [5.74, 6) is -1.14. The van der Waals surface area contributed by atoms with E-state index in [2.05, 4.69) is 4.74 Å². The van der Waals surface area contributed by atoms with Crippen LogP contribution in [0.5, 0.6) is 0 Å². The number of nitrogens with zero attached hydrogens (tertiary/aromatic N) is 2. The molecule has 8 heteroatoms. The predicted molar refractivity (Wildman–Crippen MR) is 54.1 cm³/mol. The molecule has 0 radical (unpaired) electrons. The Morgan fingerprint density at radius 2 is 2.17 bits per heavy atom. The Morgan fingerprint density at radius 1 is 1.56 bits per heavy atom. The Balaban J connectivity index is 3.63. The van der Waals surface area contributed by atoms with Crippen LogP contribution < -0.4 is 0 Å². The molecule has 0 unspecified atom stereocenters. The fraction of sp³-hybridized carbons (Fsp3) is 0.200. The third-order valence-corrected chi connectivity index (χ3v) is 2.11. The number of carbonyl (C=O) groups excluding carboxylic acids is 1. The minimum Gasteiger partial charge on any atom is -0.465 e. The first-order valence-electron chi connectivity index (χ1n) is 4.51. The topological polar surface area (TPSA) is 93.2 Å². The Hall–Kier alpha value is -2.56. The highest BCUT2D eigenvalue weighted by molar-refractivity contribution is 5.94. The van der Waals surface area contributed by atoms with Gasteiger partial charge in [-0.05, 0) is 0 Å². The van der Waals surface area contributed by atoms with Gasteiger partial charge in [-0.15, -0.1) is 0 Å². The maximum absolute atomic E-state index is 12.7. The standard InChI is InChI=1S/C10H6F2N2O4/c1-18-10(15)8-5(4-13)2-6(14(16)17)3-7(8)9(11)12/h2-3,9H,1H3. The second-order valence-electron chi connectivity index (χ2n) is 3.12. The maximum Gasteiger partial charge on any atom is 0.339 e. The third-order valence-electron chi connectivity index (χ3n) is 2.11. The third kappa shape index (κ3) is 2.40. The summed E-state index contributed by atoms with van der Waals surface area (Å²) in [5, 5.41) is 19.3. The van der Waals surface area contributed by atoms with Crippen LogP contribution in [0.3, 0.4) is 0 Å². The number of alkyl halides is 2. The van der Waals surface area contributed by atoms with Crippen molar-refractivity contribution in [3.63, 3.8) is 0 Å². The number of nitro groups is 1. The van der Waals surface area contributed by atoms with Gasteiger partial charge < -0.3 is 4.74 Å². The molecule has 1 aromatic carbocycles. The summed E-state index contributed by atoms with van der Waals surface area (Å²) < 4.78 is 29.8. The largest absolute Gasteiger partial charge is 0.465 e. The van der Waals surface area contributed by atoms with Crippen molar-refractivity contribution in [2.45, 2.75) is 6.43 Å². The summed E-state index contributed by atoms with van der Waals surface area (Å²) in [6.07, 6.45) is -3.13. The van der Waals surface area contributed by atoms with E-state index in [0.717, 1.165) is 13.2 Å². The van der Waals surface area contributed by atoms with Crippen molar-refractivity contribution in [1.82, 2.24) is 0 Å². The summed E-state index contributed by atoms with van der Waals surface area (Å²) in [6, 6.07) is 2.76. The molecule has 0 aliphatic rings. The molecule has 0 amide bonds. The van der Waals surface area contributed by atoms with Crippen LogP contribution in [-0.4, -0.2) is 18.0 Å². The number of nitriles is 1. The first kappa shape index (κ1) is 13.5. The van der Waals surface area contributed by atoms with Gasteiger partial charge in [0.05, 0.1) is 23.2 Å². The van der Waals surface area contributed by atoms with Crippen LogP contribution in [0.15, 0.2) is 12.1 Å². The molecule has 6 nitrogen and oxygen atoms in total. The number of rotatable bonds is 3. The van der Waals surface area contributed by atoms with E-state index >= 15 is 0 Å². The highest BCUT2D eigenvalue weighted by atomic mass is 19.3. The van der Waals surface area contributed by atoms with Crippen molar-refractivity contribution in [3.8, 4) is 6.07 Å². The first-order valence-corrected chi connectivity index (χ1v) is 4.51. The molecule has 0 aliphatic heterocycles. The number of non-ortho nitro benzene ring substituents is 1. The fourth-order valence-corrected chi connectivity index (χ4v) is 1.34. The zero-order valence-electron chi connectivity index (χ0n) is 9.02. The number of ether oxygens (including phenoxy) is 1. The van der Waals surface area contributed by atoms with E-state index in [0.29, 0.717) is 6.07 Å². The van der Waals surface area contributed by atoms with Crippen molar-refractivity contribution in [2.24, 2.45) is 0 Å². The highest BCUT2D eigenvalue weighted by Gasteiger charge is 2.26. The van der Waals surface area contributed by atoms with Crippen molar-refractivity contribution < 1.29 is 23.2 Å². The molecule has 94 valence electrons. The molecular weight excluding hydrogens is 250 g/mol. The number of esters is 1. The van der Waals surface area contributed by atoms with Crippen molar-refractivity contribution in [2.75, 3.05) is 7.11 Å². The van der Waals surface area contributed by atoms with Gasteiger partial charge in [0, 0.05) is 17.7 Å². The Kier molecular flexibility index (Phi) is 3.89. The SMILES string of the molecule is COC(=O)c1c(C#N)cc([N+](=O)[O-])cc1C(F)F. The number of methoxy groups -OCH3 is 1. The minimum atomic E-state index is -3.13. The number of benzene rings is 1. The van der Waals surface area contributed by atoms with Crippen molar-refractivity contribution >= 4 is 11.7 Å². The summed E-state index contributed by atoms with van der Waals surface area (Å²) in [7, 11) is 0.958. The highest BCUT2D eigenvalue weighted by Crippen LogP contribution is 2.30. The van der Waals surface area contributed by atoms with Gasteiger partial charge in [-0.1, -0.05) is 0 Å². The summed E-state index contributed by atoms with van der Waals surface area (Å²) in [4.78, 5) is 20.9. The fourth-order valence-electron chi connectivity index (χ4n) is 1.34. The lowest BCUT2D eigenvalue weighted by molar-refractivity contribution is -0.385. The molecule has 0 spiro atoms. The van der Waals surface area contributed by atoms with Crippen LogP contribution in [0.25, 0.3) is 0 Å². The van der Waals surface area contributed by atoms with Gasteiger partial charge in [0.2, 0.25) is 0 Å². The lowest BCUT2D eigenvalue weighted by Crippen LogP contribution is -2.10. The second-order valence-corrected chi connectivity index (χ2v) is 3.12. The van der Waals surface area contributed by atoms with E-state index in [1.165, 1.54) is 6.07 Å². The average molecular weight is 256 g/mol. The number of halogens is 2. The Labute approximate surface area is 99.5 Å². The molecule has 0 fully saturated rings. The lowest BCUT2D eigenvalue weighted by Gasteiger charge is -2.08. The molecule has 0 N–H and O–H groups in total. The number of hydrogen-bond acceptors (Lipinski definition) is 5. The van der Waals surface area contributed by atoms with Crippen molar-refractivity contribution in [3.05, 3.63) is 38.9 Å². The molecule has 18 heavy (non-hydrogen) atoms. The lowest BCUT2D eigenvalue weighted by atomic mass is 10.0. The van der Waals surface area contributed by atoms with Crippen LogP contribution in [0.4, 0.5) is 14.5 Å². The predicted octanol–water partition coefficient (Wildman–Crippen LogP) is 2.19. The maximum atomic E-state index is 12.7. The molecule has 1 aromatic rings. The van der Waals surface area contributed by atoms with Crippen LogP contribution in [-0.2, 0) is 4.74 Å².